The largest absolute Gasteiger partial charge is 0.272 e. The van der Waals surface area contributed by atoms with Crippen LogP contribution in [-0.4, -0.2) is 9.78 Å². The lowest BCUT2D eigenvalue weighted by Crippen LogP contribution is -1.99. The highest BCUT2D eigenvalue weighted by molar-refractivity contribution is 7.27. The van der Waals surface area contributed by atoms with E-state index in [1.165, 1.54) is 5.56 Å². The van der Waals surface area contributed by atoms with E-state index in [9.17, 15) is 0 Å². The summed E-state index contributed by atoms with van der Waals surface area (Å²) in [6.07, 6.45) is 2.04. The molecule has 0 spiro atoms. The highest BCUT2D eigenvalue weighted by Gasteiger charge is 1.95. The third-order valence-corrected chi connectivity index (χ3v) is 1.88. The first-order valence-corrected chi connectivity index (χ1v) is 4.61. The summed E-state index contributed by atoms with van der Waals surface area (Å²) in [5.74, 6) is 0. The van der Waals surface area contributed by atoms with Gasteiger partial charge in [-0.3, -0.25) is 4.68 Å². The Hall–Kier alpha value is -0.360. The molecule has 1 heterocycles. The Morgan fingerprint density at radius 2 is 2.09 bits per heavy atom. The average molecular weight is 172 g/mol. The average Bonchev–Trinajstić information content (AvgIpc) is 2.36. The molecule has 1 aromatic heterocycles. The predicted molar refractivity (Wildman–Crippen MR) is 53.3 cm³/mol. The molecule has 0 aromatic carbocycles. The molecule has 0 fully saturated rings. The lowest BCUT2D eigenvalue weighted by molar-refractivity contribution is 0.665. The SMILES string of the molecule is CC.CCn1cc(C)c(P)n1. The van der Waals surface area contributed by atoms with Gasteiger partial charge in [0.2, 0.25) is 0 Å². The Morgan fingerprint density at radius 3 is 2.27 bits per heavy atom. The van der Waals surface area contributed by atoms with Crippen LogP contribution in [0.3, 0.4) is 0 Å². The van der Waals surface area contributed by atoms with Crippen molar-refractivity contribution in [2.75, 3.05) is 0 Å². The molecule has 1 unspecified atom stereocenters. The van der Waals surface area contributed by atoms with Gasteiger partial charge >= 0.3 is 0 Å². The third-order valence-electron chi connectivity index (χ3n) is 1.31. The van der Waals surface area contributed by atoms with Crippen molar-refractivity contribution in [2.45, 2.75) is 34.2 Å². The minimum Gasteiger partial charge on any atom is -0.272 e. The van der Waals surface area contributed by atoms with Crippen molar-refractivity contribution < 1.29 is 0 Å². The Kier molecular flexibility index (Phi) is 5.14. The molecule has 2 nitrogen and oxygen atoms in total. The molecule has 0 aliphatic carbocycles. The van der Waals surface area contributed by atoms with E-state index >= 15 is 0 Å². The number of rotatable bonds is 1. The van der Waals surface area contributed by atoms with Crippen molar-refractivity contribution in [3.8, 4) is 0 Å². The minimum absolute atomic E-state index is 0.954. The lowest BCUT2D eigenvalue weighted by atomic mass is 10.4. The quantitative estimate of drug-likeness (QED) is 0.590. The molecule has 0 bridgehead atoms. The molecule has 0 N–H and O–H groups in total. The van der Waals surface area contributed by atoms with Crippen LogP contribution in [0.2, 0.25) is 0 Å². The third kappa shape index (κ3) is 3.02. The van der Waals surface area contributed by atoms with Gasteiger partial charge in [-0.05, 0) is 19.4 Å². The van der Waals surface area contributed by atoms with Crippen molar-refractivity contribution >= 4 is 14.7 Å². The van der Waals surface area contributed by atoms with Crippen molar-refractivity contribution in [3.63, 3.8) is 0 Å². The molecule has 0 saturated carbocycles. The predicted octanol–water partition coefficient (Wildman–Crippen LogP) is 1.74. The Balaban J connectivity index is 0.000000461. The molecule has 3 heteroatoms. The zero-order valence-electron chi connectivity index (χ0n) is 7.76. The van der Waals surface area contributed by atoms with Crippen LogP contribution in [0.25, 0.3) is 0 Å². The minimum atomic E-state index is 0.954. The van der Waals surface area contributed by atoms with Gasteiger partial charge in [0.25, 0.3) is 0 Å². The number of hydrogen-bond donors (Lipinski definition) is 0. The highest BCUT2D eigenvalue weighted by Crippen LogP contribution is 1.95. The monoisotopic (exact) mass is 172 g/mol. The molecule has 0 radical (unpaired) electrons. The van der Waals surface area contributed by atoms with Crippen LogP contribution < -0.4 is 5.44 Å². The van der Waals surface area contributed by atoms with Gasteiger partial charge < -0.3 is 0 Å². The molecule has 0 amide bonds. The Labute approximate surface area is 71.2 Å². The maximum atomic E-state index is 4.21. The first kappa shape index (κ1) is 10.6. The van der Waals surface area contributed by atoms with Crippen LogP contribution in [0.15, 0.2) is 6.20 Å². The zero-order chi connectivity index (χ0) is 8.85. The van der Waals surface area contributed by atoms with Crippen LogP contribution in [0, 0.1) is 6.92 Å². The van der Waals surface area contributed by atoms with E-state index in [1.54, 1.807) is 0 Å². The van der Waals surface area contributed by atoms with E-state index < -0.39 is 0 Å². The van der Waals surface area contributed by atoms with Gasteiger partial charge in [-0.25, -0.2) is 0 Å². The summed E-state index contributed by atoms with van der Waals surface area (Å²) >= 11 is 0. The van der Waals surface area contributed by atoms with Crippen LogP contribution >= 0.6 is 9.24 Å². The molecule has 11 heavy (non-hydrogen) atoms. The normalized spacial score (nSPS) is 8.82. The molecule has 1 atom stereocenters. The van der Waals surface area contributed by atoms with Crippen molar-refractivity contribution in [1.29, 1.82) is 0 Å². The molecular weight excluding hydrogens is 155 g/mol. The molecule has 0 saturated heterocycles. The van der Waals surface area contributed by atoms with Gasteiger partial charge in [0, 0.05) is 12.7 Å². The van der Waals surface area contributed by atoms with Crippen molar-refractivity contribution in [2.24, 2.45) is 0 Å². The molecule has 0 aliphatic rings. The first-order chi connectivity index (χ1) is 5.24. The smallest absolute Gasteiger partial charge is 0.0817 e. The molecule has 0 aliphatic heterocycles. The van der Waals surface area contributed by atoms with E-state index in [2.05, 4.69) is 28.2 Å². The van der Waals surface area contributed by atoms with Gasteiger partial charge in [-0.2, -0.15) is 5.10 Å². The van der Waals surface area contributed by atoms with E-state index in [-0.39, 0.29) is 0 Å². The van der Waals surface area contributed by atoms with Gasteiger partial charge in [-0.15, -0.1) is 0 Å². The summed E-state index contributed by atoms with van der Waals surface area (Å²) in [6, 6.07) is 0. The lowest BCUT2D eigenvalue weighted by Gasteiger charge is -1.89. The fourth-order valence-corrected chi connectivity index (χ4v) is 0.921. The summed E-state index contributed by atoms with van der Waals surface area (Å²) in [6.45, 7) is 9.09. The van der Waals surface area contributed by atoms with Gasteiger partial charge in [0.15, 0.2) is 0 Å². The van der Waals surface area contributed by atoms with Crippen LogP contribution in [0.5, 0.6) is 0 Å². The topological polar surface area (TPSA) is 17.8 Å². The summed E-state index contributed by atoms with van der Waals surface area (Å²) < 4.78 is 1.93. The fraction of sp³-hybridized carbons (Fsp3) is 0.625. The zero-order valence-corrected chi connectivity index (χ0v) is 8.91. The second-order valence-corrected chi connectivity index (χ2v) is 2.60. The van der Waals surface area contributed by atoms with E-state index in [0.29, 0.717) is 0 Å². The maximum absolute atomic E-state index is 4.21. The van der Waals surface area contributed by atoms with Crippen molar-refractivity contribution in [3.05, 3.63) is 11.8 Å². The van der Waals surface area contributed by atoms with Gasteiger partial charge in [0.05, 0.1) is 5.44 Å². The maximum Gasteiger partial charge on any atom is 0.0817 e. The molecular formula is C8H17N2P. The van der Waals surface area contributed by atoms with Gasteiger partial charge in [-0.1, -0.05) is 23.1 Å². The standard InChI is InChI=1S/C6H11N2P.C2H6/c1-3-8-4-5(2)6(9)7-8;1-2/h4H,3,9H2,1-2H3;1-2H3. The summed E-state index contributed by atoms with van der Waals surface area (Å²) in [7, 11) is 2.61. The van der Waals surface area contributed by atoms with E-state index in [1.807, 2.05) is 24.7 Å². The van der Waals surface area contributed by atoms with Gasteiger partial charge in [0.1, 0.15) is 0 Å². The van der Waals surface area contributed by atoms with Crippen LogP contribution in [-0.2, 0) is 6.54 Å². The van der Waals surface area contributed by atoms with Crippen LogP contribution in [0.1, 0.15) is 26.3 Å². The van der Waals surface area contributed by atoms with E-state index in [0.717, 1.165) is 12.0 Å². The summed E-state index contributed by atoms with van der Waals surface area (Å²) in [5.41, 5.74) is 2.29. The van der Waals surface area contributed by atoms with Crippen molar-refractivity contribution in [1.82, 2.24) is 9.78 Å². The molecule has 64 valence electrons. The highest BCUT2D eigenvalue weighted by atomic mass is 31.0. The number of aryl methyl sites for hydroxylation is 2. The molecule has 1 rings (SSSR count). The summed E-state index contributed by atoms with van der Waals surface area (Å²) in [5, 5.41) is 4.21. The second-order valence-electron chi connectivity index (χ2n) is 2.05. The van der Waals surface area contributed by atoms with E-state index in [4.69, 9.17) is 0 Å². The first-order valence-electron chi connectivity index (χ1n) is 4.03. The Bertz CT molecular complexity index is 186. The number of hydrogen-bond acceptors (Lipinski definition) is 1. The van der Waals surface area contributed by atoms with Crippen LogP contribution in [0.4, 0.5) is 0 Å². The second kappa shape index (κ2) is 5.31. The Morgan fingerprint density at radius 1 is 1.55 bits per heavy atom. The molecule has 1 aromatic rings. The number of aromatic nitrogens is 2. The summed E-state index contributed by atoms with van der Waals surface area (Å²) in [4.78, 5) is 0. The fourth-order valence-electron chi connectivity index (χ4n) is 0.698. The number of nitrogens with zero attached hydrogens (tertiary/aromatic N) is 2.